The van der Waals surface area contributed by atoms with Crippen LogP contribution in [0.3, 0.4) is 0 Å². The molecule has 0 amide bonds. The number of hydrogen-bond donors (Lipinski definition) is 1. The summed E-state index contributed by atoms with van der Waals surface area (Å²) < 4.78 is 10.4. The van der Waals surface area contributed by atoms with Crippen molar-refractivity contribution < 1.29 is 14.6 Å². The summed E-state index contributed by atoms with van der Waals surface area (Å²) in [6.07, 6.45) is 0.612. The molecule has 0 bridgehead atoms. The van der Waals surface area contributed by atoms with E-state index in [1.807, 2.05) is 25.1 Å². The summed E-state index contributed by atoms with van der Waals surface area (Å²) in [6, 6.07) is 14.4. The van der Waals surface area contributed by atoms with Gasteiger partial charge in [0.15, 0.2) is 6.29 Å². The topological polar surface area (TPSA) is 38.7 Å². The molecule has 3 heteroatoms. The second-order valence-corrected chi connectivity index (χ2v) is 5.42. The highest BCUT2D eigenvalue weighted by molar-refractivity contribution is 5.85. The van der Waals surface area contributed by atoms with E-state index >= 15 is 0 Å². The molecule has 2 rings (SSSR count). The molecule has 0 spiro atoms. The van der Waals surface area contributed by atoms with E-state index < -0.39 is 5.60 Å². The Bertz CT molecular complexity index is 554. The minimum absolute atomic E-state index is 0.389. The number of rotatable bonds is 6. The van der Waals surface area contributed by atoms with Gasteiger partial charge in [0, 0.05) is 27.1 Å². The lowest BCUT2D eigenvalue weighted by atomic mass is 9.90. The van der Waals surface area contributed by atoms with Crippen LogP contribution in [0.25, 0.3) is 10.8 Å². The van der Waals surface area contributed by atoms with Crippen LogP contribution in [0, 0.1) is 0 Å². The van der Waals surface area contributed by atoms with Gasteiger partial charge in [-0.1, -0.05) is 42.5 Å². The van der Waals surface area contributed by atoms with Gasteiger partial charge in [-0.25, -0.2) is 0 Å². The van der Waals surface area contributed by atoms with Gasteiger partial charge in [-0.05, 0) is 23.3 Å². The van der Waals surface area contributed by atoms with Crippen LogP contribution in [0.4, 0.5) is 0 Å². The Balaban J connectivity index is 2.22. The minimum Gasteiger partial charge on any atom is -0.390 e. The summed E-state index contributed by atoms with van der Waals surface area (Å²) >= 11 is 0. The predicted molar refractivity (Wildman–Crippen MR) is 80.7 cm³/mol. The molecule has 1 atom stereocenters. The van der Waals surface area contributed by atoms with Crippen molar-refractivity contribution in [2.45, 2.75) is 31.7 Å². The largest absolute Gasteiger partial charge is 0.390 e. The first-order valence-electron chi connectivity index (χ1n) is 6.80. The van der Waals surface area contributed by atoms with Crippen molar-refractivity contribution in [3.8, 4) is 0 Å². The lowest BCUT2D eigenvalue weighted by molar-refractivity contribution is -0.139. The second kappa shape index (κ2) is 6.35. The predicted octanol–water partition coefficient (Wildman–Crippen LogP) is 3.14. The average molecular weight is 274 g/mol. The molecule has 0 aliphatic heterocycles. The zero-order valence-electron chi connectivity index (χ0n) is 12.3. The van der Waals surface area contributed by atoms with Crippen molar-refractivity contribution in [2.75, 3.05) is 14.2 Å². The summed E-state index contributed by atoms with van der Waals surface area (Å²) in [4.78, 5) is 0. The molecule has 0 aromatic heterocycles. The van der Waals surface area contributed by atoms with Crippen molar-refractivity contribution >= 4 is 10.8 Å². The quantitative estimate of drug-likeness (QED) is 0.822. The molecule has 1 N–H and O–H groups in total. The Labute approximate surface area is 120 Å². The molecule has 3 nitrogen and oxygen atoms in total. The minimum atomic E-state index is -0.874. The molecule has 0 heterocycles. The van der Waals surface area contributed by atoms with Crippen molar-refractivity contribution in [3.63, 3.8) is 0 Å². The summed E-state index contributed by atoms with van der Waals surface area (Å²) in [5.41, 5.74) is 0.264. The summed E-state index contributed by atoms with van der Waals surface area (Å²) in [5.74, 6) is 0. The Morgan fingerprint density at radius 2 is 1.70 bits per heavy atom. The van der Waals surface area contributed by atoms with Gasteiger partial charge in [0.2, 0.25) is 0 Å². The maximum absolute atomic E-state index is 10.6. The average Bonchev–Trinajstić information content (AvgIpc) is 2.45. The molecule has 0 saturated carbocycles. The van der Waals surface area contributed by atoms with E-state index in [2.05, 4.69) is 24.3 Å². The first kappa shape index (κ1) is 15.0. The standard InChI is InChI=1S/C17H22O3/c1-17(18,12-16(19-2)20-3)11-14-9-6-8-13-7-4-5-10-15(13)14/h4-10,16,18H,11-12H2,1-3H3. The molecule has 0 aliphatic rings. The Morgan fingerprint density at radius 1 is 1.05 bits per heavy atom. The number of fused-ring (bicyclic) bond motifs is 1. The molecule has 2 aromatic rings. The van der Waals surface area contributed by atoms with E-state index in [1.165, 1.54) is 10.8 Å². The molecule has 0 radical (unpaired) electrons. The Hall–Kier alpha value is -1.42. The van der Waals surface area contributed by atoms with Crippen molar-refractivity contribution in [2.24, 2.45) is 0 Å². The fourth-order valence-electron chi connectivity index (χ4n) is 2.55. The van der Waals surface area contributed by atoms with Gasteiger partial charge in [-0.3, -0.25) is 0 Å². The first-order valence-corrected chi connectivity index (χ1v) is 6.80. The zero-order valence-corrected chi connectivity index (χ0v) is 12.3. The van der Waals surface area contributed by atoms with Crippen LogP contribution < -0.4 is 0 Å². The van der Waals surface area contributed by atoms with Crippen molar-refractivity contribution in [3.05, 3.63) is 48.0 Å². The van der Waals surface area contributed by atoms with Crippen molar-refractivity contribution in [1.82, 2.24) is 0 Å². The lowest BCUT2D eigenvalue weighted by Crippen LogP contribution is -2.34. The highest BCUT2D eigenvalue weighted by atomic mass is 16.7. The molecular formula is C17H22O3. The highest BCUT2D eigenvalue weighted by Crippen LogP contribution is 2.25. The monoisotopic (exact) mass is 274 g/mol. The SMILES string of the molecule is COC(CC(C)(O)Cc1cccc2ccccc12)OC. The molecule has 2 aromatic carbocycles. The number of aliphatic hydroxyl groups is 1. The van der Waals surface area contributed by atoms with Gasteiger partial charge in [-0.2, -0.15) is 0 Å². The molecule has 1 unspecified atom stereocenters. The number of benzene rings is 2. The van der Waals surface area contributed by atoms with Crippen LogP contribution in [-0.2, 0) is 15.9 Å². The van der Waals surface area contributed by atoms with Gasteiger partial charge in [0.25, 0.3) is 0 Å². The van der Waals surface area contributed by atoms with Crippen LogP contribution in [0.2, 0.25) is 0 Å². The summed E-state index contributed by atoms with van der Waals surface area (Å²) in [7, 11) is 3.17. The van der Waals surface area contributed by atoms with E-state index in [9.17, 15) is 5.11 Å². The number of ether oxygens (including phenoxy) is 2. The third-order valence-corrected chi connectivity index (χ3v) is 3.58. The van der Waals surface area contributed by atoms with Crippen LogP contribution in [0.15, 0.2) is 42.5 Å². The van der Waals surface area contributed by atoms with Crippen LogP contribution in [0.5, 0.6) is 0 Å². The molecular weight excluding hydrogens is 252 g/mol. The van der Waals surface area contributed by atoms with Crippen LogP contribution >= 0.6 is 0 Å². The molecule has 0 aliphatic carbocycles. The maximum atomic E-state index is 10.6. The molecule has 20 heavy (non-hydrogen) atoms. The second-order valence-electron chi connectivity index (χ2n) is 5.42. The van der Waals surface area contributed by atoms with E-state index in [0.717, 1.165) is 5.56 Å². The van der Waals surface area contributed by atoms with Gasteiger partial charge in [-0.15, -0.1) is 0 Å². The summed E-state index contributed by atoms with van der Waals surface area (Å²) in [5, 5.41) is 13.0. The van der Waals surface area contributed by atoms with Gasteiger partial charge in [0.1, 0.15) is 0 Å². The third-order valence-electron chi connectivity index (χ3n) is 3.58. The zero-order chi connectivity index (χ0) is 14.6. The van der Waals surface area contributed by atoms with Crippen LogP contribution in [-0.4, -0.2) is 31.2 Å². The van der Waals surface area contributed by atoms with Gasteiger partial charge in [0.05, 0.1) is 5.60 Å². The fourth-order valence-corrected chi connectivity index (χ4v) is 2.55. The van der Waals surface area contributed by atoms with Crippen molar-refractivity contribution in [1.29, 1.82) is 0 Å². The van der Waals surface area contributed by atoms with Crippen LogP contribution in [0.1, 0.15) is 18.9 Å². The first-order chi connectivity index (χ1) is 9.55. The fraction of sp³-hybridized carbons (Fsp3) is 0.412. The molecule has 0 fully saturated rings. The normalized spacial score (nSPS) is 14.7. The van der Waals surface area contributed by atoms with E-state index in [0.29, 0.717) is 12.8 Å². The highest BCUT2D eigenvalue weighted by Gasteiger charge is 2.26. The summed E-state index contributed by atoms with van der Waals surface area (Å²) in [6.45, 7) is 1.82. The Morgan fingerprint density at radius 3 is 2.40 bits per heavy atom. The lowest BCUT2D eigenvalue weighted by Gasteiger charge is -2.27. The Kier molecular flexibility index (Phi) is 4.76. The van der Waals surface area contributed by atoms with E-state index in [-0.39, 0.29) is 6.29 Å². The smallest absolute Gasteiger partial charge is 0.159 e. The van der Waals surface area contributed by atoms with E-state index in [1.54, 1.807) is 14.2 Å². The molecule has 0 saturated heterocycles. The number of hydrogen-bond acceptors (Lipinski definition) is 3. The van der Waals surface area contributed by atoms with Gasteiger partial charge >= 0.3 is 0 Å². The third kappa shape index (κ3) is 3.57. The number of methoxy groups -OCH3 is 2. The van der Waals surface area contributed by atoms with Gasteiger partial charge < -0.3 is 14.6 Å². The maximum Gasteiger partial charge on any atom is 0.159 e. The van der Waals surface area contributed by atoms with E-state index in [4.69, 9.17) is 9.47 Å². The molecule has 108 valence electrons.